The number of carbonyl (C=O) groups is 2. The van der Waals surface area contributed by atoms with Crippen molar-refractivity contribution in [2.45, 2.75) is 45.7 Å². The average molecular weight is 383 g/mol. The number of aryl methyl sites for hydroxylation is 1. The van der Waals surface area contributed by atoms with Crippen LogP contribution >= 0.6 is 0 Å². The number of rotatable bonds is 10. The number of methoxy groups -OCH3 is 1. The molecule has 150 valence electrons. The van der Waals surface area contributed by atoms with Gasteiger partial charge < -0.3 is 15.0 Å². The predicted octanol–water partition coefficient (Wildman–Crippen LogP) is 3.57. The number of nitrogens with one attached hydrogen (secondary N) is 1. The van der Waals surface area contributed by atoms with Crippen LogP contribution in [0.15, 0.2) is 54.6 Å². The van der Waals surface area contributed by atoms with Crippen LogP contribution in [0.3, 0.4) is 0 Å². The Morgan fingerprint density at radius 3 is 2.39 bits per heavy atom. The van der Waals surface area contributed by atoms with Gasteiger partial charge in [-0.3, -0.25) is 9.59 Å². The Balaban J connectivity index is 2.20. The topological polar surface area (TPSA) is 58.6 Å². The zero-order chi connectivity index (χ0) is 20.4. The maximum atomic E-state index is 13.1. The number of ether oxygens (including phenoxy) is 1. The van der Waals surface area contributed by atoms with Crippen LogP contribution in [0.4, 0.5) is 0 Å². The molecular weight excluding hydrogens is 352 g/mol. The molecule has 28 heavy (non-hydrogen) atoms. The molecule has 0 fully saturated rings. The van der Waals surface area contributed by atoms with Gasteiger partial charge in [0.1, 0.15) is 11.8 Å². The summed E-state index contributed by atoms with van der Waals surface area (Å²) in [6.07, 6.45) is 1.58. The Morgan fingerprint density at radius 2 is 1.75 bits per heavy atom. The van der Waals surface area contributed by atoms with Crippen LogP contribution in [0.25, 0.3) is 0 Å². The summed E-state index contributed by atoms with van der Waals surface area (Å²) < 4.78 is 5.29. The van der Waals surface area contributed by atoms with Crippen LogP contribution < -0.4 is 10.1 Å². The van der Waals surface area contributed by atoms with Gasteiger partial charge in [0, 0.05) is 19.5 Å². The van der Waals surface area contributed by atoms with E-state index in [4.69, 9.17) is 4.74 Å². The molecule has 0 spiro atoms. The van der Waals surface area contributed by atoms with Crippen molar-refractivity contribution in [2.75, 3.05) is 13.7 Å². The molecule has 0 aliphatic carbocycles. The Labute approximate surface area is 167 Å². The van der Waals surface area contributed by atoms with Gasteiger partial charge in [-0.1, -0.05) is 49.4 Å². The number of carbonyl (C=O) groups excluding carboxylic acids is 2. The molecule has 0 aliphatic rings. The number of hydrogen-bond donors (Lipinski definition) is 1. The second-order valence-corrected chi connectivity index (χ2v) is 6.68. The molecule has 0 saturated heterocycles. The minimum atomic E-state index is -0.491. The van der Waals surface area contributed by atoms with Gasteiger partial charge in [-0.05, 0) is 43.0 Å². The van der Waals surface area contributed by atoms with Crippen LogP contribution in [0.1, 0.15) is 37.8 Å². The summed E-state index contributed by atoms with van der Waals surface area (Å²) in [6.45, 7) is 4.73. The van der Waals surface area contributed by atoms with E-state index in [1.54, 1.807) is 12.0 Å². The summed E-state index contributed by atoms with van der Waals surface area (Å²) in [7, 11) is 1.62. The van der Waals surface area contributed by atoms with E-state index >= 15 is 0 Å². The molecule has 1 N–H and O–H groups in total. The van der Waals surface area contributed by atoms with Gasteiger partial charge in [-0.25, -0.2) is 0 Å². The highest BCUT2D eigenvalue weighted by molar-refractivity contribution is 5.87. The van der Waals surface area contributed by atoms with E-state index in [-0.39, 0.29) is 11.8 Å². The fraction of sp³-hybridized carbons (Fsp3) is 0.391. The van der Waals surface area contributed by atoms with Gasteiger partial charge in [-0.2, -0.15) is 0 Å². The minimum absolute atomic E-state index is 0.0234. The lowest BCUT2D eigenvalue weighted by atomic mass is 10.1. The monoisotopic (exact) mass is 382 g/mol. The second kappa shape index (κ2) is 11.1. The summed E-state index contributed by atoms with van der Waals surface area (Å²) in [5.74, 6) is 0.603. The van der Waals surface area contributed by atoms with Crippen molar-refractivity contribution in [1.29, 1.82) is 0 Å². The molecule has 0 aliphatic heterocycles. The Kier molecular flexibility index (Phi) is 8.53. The first-order chi connectivity index (χ1) is 13.6. The average Bonchev–Trinajstić information content (AvgIpc) is 2.73. The normalized spacial score (nSPS) is 11.5. The molecule has 0 aromatic heterocycles. The van der Waals surface area contributed by atoms with E-state index < -0.39 is 6.04 Å². The quantitative estimate of drug-likeness (QED) is 0.683. The van der Waals surface area contributed by atoms with Crippen LogP contribution in [-0.4, -0.2) is 36.4 Å². The number of likely N-dealkylation sites (N-methyl/N-ethyl adjacent to an activating group) is 1. The van der Waals surface area contributed by atoms with Crippen molar-refractivity contribution in [3.05, 3.63) is 65.7 Å². The Hall–Kier alpha value is -2.82. The molecule has 5 nitrogen and oxygen atoms in total. The SMILES string of the molecule is CCNC(=O)[C@H](CC)N(Cc1cccc(OC)c1)C(=O)CCc1ccccc1. The van der Waals surface area contributed by atoms with Gasteiger partial charge in [-0.15, -0.1) is 0 Å². The van der Waals surface area contributed by atoms with Crippen molar-refractivity contribution in [2.24, 2.45) is 0 Å². The summed E-state index contributed by atoms with van der Waals surface area (Å²) in [5.41, 5.74) is 2.05. The number of benzene rings is 2. The highest BCUT2D eigenvalue weighted by Crippen LogP contribution is 2.18. The van der Waals surface area contributed by atoms with E-state index in [1.807, 2.05) is 68.4 Å². The third-order valence-electron chi connectivity index (χ3n) is 4.69. The van der Waals surface area contributed by atoms with Gasteiger partial charge in [0.2, 0.25) is 11.8 Å². The predicted molar refractivity (Wildman–Crippen MR) is 111 cm³/mol. The van der Waals surface area contributed by atoms with E-state index in [1.165, 1.54) is 0 Å². The highest BCUT2D eigenvalue weighted by atomic mass is 16.5. The fourth-order valence-electron chi connectivity index (χ4n) is 3.22. The number of hydrogen-bond acceptors (Lipinski definition) is 3. The molecule has 1 atom stereocenters. The Morgan fingerprint density at radius 1 is 1.04 bits per heavy atom. The maximum absolute atomic E-state index is 13.1. The summed E-state index contributed by atoms with van der Waals surface area (Å²) >= 11 is 0. The van der Waals surface area contributed by atoms with Crippen LogP contribution in [0.2, 0.25) is 0 Å². The second-order valence-electron chi connectivity index (χ2n) is 6.68. The summed E-state index contributed by atoms with van der Waals surface area (Å²) in [6, 6.07) is 17.1. The first-order valence-corrected chi connectivity index (χ1v) is 9.83. The van der Waals surface area contributed by atoms with Gasteiger partial charge in [0.05, 0.1) is 7.11 Å². The van der Waals surface area contributed by atoms with Crippen LogP contribution in [0.5, 0.6) is 5.75 Å². The first kappa shape index (κ1) is 21.5. The summed E-state index contributed by atoms with van der Waals surface area (Å²) in [5, 5.41) is 2.86. The zero-order valence-corrected chi connectivity index (χ0v) is 17.0. The fourth-order valence-corrected chi connectivity index (χ4v) is 3.22. The van der Waals surface area contributed by atoms with Crippen LogP contribution in [0, 0.1) is 0 Å². The minimum Gasteiger partial charge on any atom is -0.497 e. The molecule has 2 rings (SSSR count). The lowest BCUT2D eigenvalue weighted by molar-refractivity contribution is -0.141. The smallest absolute Gasteiger partial charge is 0.242 e. The molecule has 0 bridgehead atoms. The third kappa shape index (κ3) is 6.12. The van der Waals surface area contributed by atoms with E-state index in [0.717, 1.165) is 16.9 Å². The zero-order valence-electron chi connectivity index (χ0n) is 17.0. The van der Waals surface area contributed by atoms with Gasteiger partial charge in [0.15, 0.2) is 0 Å². The van der Waals surface area contributed by atoms with E-state index in [9.17, 15) is 9.59 Å². The lowest BCUT2D eigenvalue weighted by Gasteiger charge is -2.30. The first-order valence-electron chi connectivity index (χ1n) is 9.83. The Bertz CT molecular complexity index is 761. The molecule has 2 aromatic rings. The van der Waals surface area contributed by atoms with Crippen molar-refractivity contribution >= 4 is 11.8 Å². The van der Waals surface area contributed by atoms with Crippen molar-refractivity contribution in [3.63, 3.8) is 0 Å². The molecule has 0 radical (unpaired) electrons. The molecule has 0 saturated carbocycles. The molecule has 0 unspecified atom stereocenters. The molecule has 2 aromatic carbocycles. The maximum Gasteiger partial charge on any atom is 0.242 e. The molecule has 0 heterocycles. The molecular formula is C23H30N2O3. The van der Waals surface area contributed by atoms with E-state index in [2.05, 4.69) is 5.32 Å². The molecule has 2 amide bonds. The number of amides is 2. The van der Waals surface area contributed by atoms with Crippen molar-refractivity contribution < 1.29 is 14.3 Å². The van der Waals surface area contributed by atoms with Crippen molar-refractivity contribution in [3.8, 4) is 5.75 Å². The van der Waals surface area contributed by atoms with Crippen molar-refractivity contribution in [1.82, 2.24) is 10.2 Å². The van der Waals surface area contributed by atoms with Gasteiger partial charge >= 0.3 is 0 Å². The van der Waals surface area contributed by atoms with E-state index in [0.29, 0.717) is 32.4 Å². The summed E-state index contributed by atoms with van der Waals surface area (Å²) in [4.78, 5) is 27.4. The standard InChI is InChI=1S/C23H30N2O3/c1-4-21(23(27)24-5-2)25(17-19-12-9-13-20(16-19)28-3)22(26)15-14-18-10-7-6-8-11-18/h6-13,16,21H,4-5,14-15,17H2,1-3H3,(H,24,27)/t21-/m0/s1. The highest BCUT2D eigenvalue weighted by Gasteiger charge is 2.28. The largest absolute Gasteiger partial charge is 0.497 e. The lowest BCUT2D eigenvalue weighted by Crippen LogP contribution is -2.49. The molecule has 5 heteroatoms. The number of nitrogens with zero attached hydrogens (tertiary/aromatic N) is 1. The van der Waals surface area contributed by atoms with Crippen LogP contribution in [-0.2, 0) is 22.6 Å². The third-order valence-corrected chi connectivity index (χ3v) is 4.69. The van der Waals surface area contributed by atoms with Gasteiger partial charge in [0.25, 0.3) is 0 Å².